The molecule has 31 heavy (non-hydrogen) atoms. The van der Waals surface area contributed by atoms with Gasteiger partial charge in [-0.1, -0.05) is 24.3 Å². The van der Waals surface area contributed by atoms with Crippen molar-refractivity contribution in [3.63, 3.8) is 0 Å². The molecule has 1 heterocycles. The third-order valence-electron chi connectivity index (χ3n) is 3.93. The lowest BCUT2D eigenvalue weighted by atomic mass is 10.1. The van der Waals surface area contributed by atoms with E-state index in [9.17, 15) is 22.0 Å². The van der Waals surface area contributed by atoms with E-state index < -0.39 is 22.5 Å². The van der Waals surface area contributed by atoms with Crippen molar-refractivity contribution in [2.75, 3.05) is 11.9 Å². The predicted octanol–water partition coefficient (Wildman–Crippen LogP) is 4.13. The Morgan fingerprint density at radius 2 is 2.00 bits per heavy atom. The first-order valence-corrected chi connectivity index (χ1v) is 11.2. The van der Waals surface area contributed by atoms with Gasteiger partial charge in [-0.15, -0.1) is 17.9 Å². The molecule has 0 unspecified atom stereocenters. The van der Waals surface area contributed by atoms with Gasteiger partial charge >= 0.3 is 6.61 Å². The van der Waals surface area contributed by atoms with Crippen LogP contribution in [0.1, 0.15) is 10.4 Å². The van der Waals surface area contributed by atoms with E-state index >= 15 is 0 Å². The van der Waals surface area contributed by atoms with Gasteiger partial charge in [-0.2, -0.15) is 8.78 Å². The number of rotatable bonds is 9. The van der Waals surface area contributed by atoms with E-state index in [-0.39, 0.29) is 27.9 Å². The van der Waals surface area contributed by atoms with Crippen LogP contribution in [0.15, 0.2) is 71.5 Å². The first-order chi connectivity index (χ1) is 14.8. The highest BCUT2D eigenvalue weighted by Crippen LogP contribution is 2.33. The highest BCUT2D eigenvalue weighted by Gasteiger charge is 2.17. The van der Waals surface area contributed by atoms with E-state index in [0.29, 0.717) is 11.3 Å². The average molecular weight is 466 g/mol. The molecule has 162 valence electrons. The summed E-state index contributed by atoms with van der Waals surface area (Å²) in [6.45, 7) is 0.522. The first kappa shape index (κ1) is 22.5. The maximum atomic E-state index is 12.6. The number of amides is 1. The zero-order valence-corrected chi connectivity index (χ0v) is 17.6. The van der Waals surface area contributed by atoms with Gasteiger partial charge in [-0.05, 0) is 30.3 Å². The molecule has 0 saturated carbocycles. The third-order valence-corrected chi connectivity index (χ3v) is 6.11. The molecule has 2 aromatic carbocycles. The van der Waals surface area contributed by atoms with Crippen molar-refractivity contribution in [1.82, 2.24) is 9.71 Å². The fourth-order valence-corrected chi connectivity index (χ4v) is 4.31. The molecular weight excluding hydrogens is 448 g/mol. The molecule has 0 radical (unpaired) electrons. The number of halogens is 2. The number of aromatic nitrogens is 1. The summed E-state index contributed by atoms with van der Waals surface area (Å²) >= 11 is 1.09. The molecule has 2 N–H and O–H groups in total. The molecule has 0 atom stereocenters. The SMILES string of the molecule is C=CCNS(=O)(=O)c1cccc(C(=O)Nc2nc(-c3ccccc3OC(F)F)cs2)c1. The summed E-state index contributed by atoms with van der Waals surface area (Å²) in [7, 11) is -3.79. The van der Waals surface area contributed by atoms with Crippen molar-refractivity contribution >= 4 is 32.4 Å². The molecule has 0 aliphatic carbocycles. The summed E-state index contributed by atoms with van der Waals surface area (Å²) in [6, 6.07) is 11.7. The van der Waals surface area contributed by atoms with E-state index in [2.05, 4.69) is 26.3 Å². The second-order valence-corrected chi connectivity index (χ2v) is 8.66. The molecular formula is C20H17F2N3O4S2. The van der Waals surface area contributed by atoms with Gasteiger partial charge in [0.05, 0.1) is 10.6 Å². The van der Waals surface area contributed by atoms with Gasteiger partial charge in [0.15, 0.2) is 5.13 Å². The van der Waals surface area contributed by atoms with Crippen molar-refractivity contribution in [1.29, 1.82) is 0 Å². The van der Waals surface area contributed by atoms with E-state index in [1.54, 1.807) is 23.6 Å². The van der Waals surface area contributed by atoms with E-state index in [0.717, 1.165) is 11.3 Å². The second-order valence-electron chi connectivity index (χ2n) is 6.04. The Balaban J connectivity index is 1.78. The van der Waals surface area contributed by atoms with Gasteiger partial charge in [0.25, 0.3) is 5.91 Å². The number of carbonyl (C=O) groups excluding carboxylic acids is 1. The van der Waals surface area contributed by atoms with Crippen LogP contribution < -0.4 is 14.8 Å². The minimum atomic E-state index is -3.79. The molecule has 1 amide bonds. The van der Waals surface area contributed by atoms with Crippen molar-refractivity contribution in [2.45, 2.75) is 11.5 Å². The van der Waals surface area contributed by atoms with Crippen molar-refractivity contribution < 1.29 is 26.7 Å². The molecule has 0 aliphatic rings. The van der Waals surface area contributed by atoms with Crippen LogP contribution in [-0.4, -0.2) is 32.5 Å². The highest BCUT2D eigenvalue weighted by molar-refractivity contribution is 7.89. The molecule has 0 saturated heterocycles. The summed E-state index contributed by atoms with van der Waals surface area (Å²) in [4.78, 5) is 16.7. The number of nitrogens with one attached hydrogen (secondary N) is 2. The Labute approximate surface area is 181 Å². The lowest BCUT2D eigenvalue weighted by molar-refractivity contribution is -0.0494. The number of sulfonamides is 1. The Morgan fingerprint density at radius 1 is 1.23 bits per heavy atom. The van der Waals surface area contributed by atoms with E-state index in [1.165, 1.54) is 36.4 Å². The summed E-state index contributed by atoms with van der Waals surface area (Å²) in [5, 5.41) is 4.38. The van der Waals surface area contributed by atoms with Crippen molar-refractivity contribution in [3.8, 4) is 17.0 Å². The van der Waals surface area contributed by atoms with Crippen LogP contribution in [0.25, 0.3) is 11.3 Å². The fraction of sp³-hybridized carbons (Fsp3) is 0.100. The van der Waals surface area contributed by atoms with Gasteiger partial charge in [0.2, 0.25) is 10.0 Å². The summed E-state index contributed by atoms with van der Waals surface area (Å²) in [6.07, 6.45) is 1.40. The number of thiazole rings is 1. The number of hydrogen-bond donors (Lipinski definition) is 2. The molecule has 0 fully saturated rings. The molecule has 0 bridgehead atoms. The van der Waals surface area contributed by atoms with Crippen molar-refractivity contribution in [2.24, 2.45) is 0 Å². The second kappa shape index (κ2) is 9.77. The average Bonchev–Trinajstić information content (AvgIpc) is 3.20. The maximum Gasteiger partial charge on any atom is 0.387 e. The molecule has 3 aromatic rings. The minimum Gasteiger partial charge on any atom is -0.434 e. The van der Waals surface area contributed by atoms with E-state index in [1.807, 2.05) is 0 Å². The van der Waals surface area contributed by atoms with Crippen LogP contribution in [-0.2, 0) is 10.0 Å². The van der Waals surface area contributed by atoms with Gasteiger partial charge in [0, 0.05) is 23.1 Å². The van der Waals surface area contributed by atoms with Crippen LogP contribution in [0.2, 0.25) is 0 Å². The van der Waals surface area contributed by atoms with Gasteiger partial charge in [-0.3, -0.25) is 10.1 Å². The Morgan fingerprint density at radius 3 is 2.74 bits per heavy atom. The van der Waals surface area contributed by atoms with Gasteiger partial charge in [0.1, 0.15) is 5.75 Å². The highest BCUT2D eigenvalue weighted by atomic mass is 32.2. The number of carbonyl (C=O) groups is 1. The number of ether oxygens (including phenoxy) is 1. The number of alkyl halides is 2. The monoisotopic (exact) mass is 465 g/mol. The van der Waals surface area contributed by atoms with Crippen molar-refractivity contribution in [3.05, 3.63) is 72.1 Å². The smallest absolute Gasteiger partial charge is 0.387 e. The molecule has 1 aromatic heterocycles. The quantitative estimate of drug-likeness (QED) is 0.463. The molecule has 0 aliphatic heterocycles. The topological polar surface area (TPSA) is 97.4 Å². The zero-order chi connectivity index (χ0) is 22.4. The van der Waals surface area contributed by atoms with Crippen LogP contribution in [0.5, 0.6) is 5.75 Å². The Kier molecular flexibility index (Phi) is 7.10. The zero-order valence-electron chi connectivity index (χ0n) is 15.9. The number of nitrogens with zero attached hydrogens (tertiary/aromatic N) is 1. The third kappa shape index (κ3) is 5.72. The molecule has 7 nitrogen and oxygen atoms in total. The number of anilines is 1. The lowest BCUT2D eigenvalue weighted by Crippen LogP contribution is -2.24. The fourth-order valence-electron chi connectivity index (χ4n) is 2.56. The molecule has 0 spiro atoms. The van der Waals surface area contributed by atoms with Crippen LogP contribution in [0.3, 0.4) is 0 Å². The normalized spacial score (nSPS) is 11.3. The summed E-state index contributed by atoms with van der Waals surface area (Å²) < 4.78 is 56.5. The van der Waals surface area contributed by atoms with Crippen LogP contribution in [0, 0.1) is 0 Å². The number of benzene rings is 2. The predicted molar refractivity (Wildman–Crippen MR) is 114 cm³/mol. The molecule has 3 rings (SSSR count). The first-order valence-electron chi connectivity index (χ1n) is 8.82. The summed E-state index contributed by atoms with van der Waals surface area (Å²) in [5.74, 6) is -0.607. The van der Waals surface area contributed by atoms with Crippen LogP contribution in [0.4, 0.5) is 13.9 Å². The summed E-state index contributed by atoms with van der Waals surface area (Å²) in [5.41, 5.74) is 0.807. The Bertz CT molecular complexity index is 1200. The maximum absolute atomic E-state index is 12.6. The number of para-hydroxylation sites is 1. The number of hydrogen-bond acceptors (Lipinski definition) is 6. The largest absolute Gasteiger partial charge is 0.434 e. The van der Waals surface area contributed by atoms with Crippen LogP contribution >= 0.6 is 11.3 Å². The lowest BCUT2D eigenvalue weighted by Gasteiger charge is -2.08. The van der Waals surface area contributed by atoms with E-state index in [4.69, 9.17) is 0 Å². The Hall–Kier alpha value is -3.15. The van der Waals surface area contributed by atoms with Gasteiger partial charge in [-0.25, -0.2) is 18.1 Å². The van der Waals surface area contributed by atoms with Gasteiger partial charge < -0.3 is 4.74 Å². The molecule has 11 heteroatoms. The minimum absolute atomic E-state index is 0.0365. The standard InChI is InChI=1S/C20H17F2N3O4S2/c1-2-10-23-31(27,28)14-7-5-6-13(11-14)18(26)25-20-24-16(12-30-20)15-8-3-4-9-17(15)29-19(21)22/h2-9,11-12,19,23H,1,10H2,(H,24,25,26).